The van der Waals surface area contributed by atoms with Crippen LogP contribution in [0.25, 0.3) is 0 Å². The Morgan fingerprint density at radius 2 is 1.57 bits per heavy atom. The van der Waals surface area contributed by atoms with E-state index in [2.05, 4.69) is 6.92 Å². The van der Waals surface area contributed by atoms with E-state index in [1.54, 1.807) is 11.9 Å². The highest BCUT2D eigenvalue weighted by molar-refractivity contribution is 5.97. The van der Waals surface area contributed by atoms with Crippen molar-refractivity contribution < 1.29 is 9.59 Å². The molecule has 0 atom stereocenters. The standard InChI is InChI=1S/C17H26N2O2/c1-5-14-6-8-15(9-7-14)16(20)10-11-17(21)19(4)13-12-18(2)3/h6-9H,5,10-13H2,1-4H3. The summed E-state index contributed by atoms with van der Waals surface area (Å²) in [5, 5.41) is 0. The summed E-state index contributed by atoms with van der Waals surface area (Å²) in [6.07, 6.45) is 1.51. The number of carbonyl (C=O) groups excluding carboxylic acids is 2. The van der Waals surface area contributed by atoms with Gasteiger partial charge in [0.15, 0.2) is 5.78 Å². The molecule has 0 aromatic heterocycles. The van der Waals surface area contributed by atoms with Gasteiger partial charge in [0.1, 0.15) is 0 Å². The van der Waals surface area contributed by atoms with Crippen LogP contribution >= 0.6 is 0 Å². The Labute approximate surface area is 127 Å². The van der Waals surface area contributed by atoms with E-state index in [9.17, 15) is 9.59 Å². The predicted octanol–water partition coefficient (Wildman–Crippen LogP) is 2.23. The van der Waals surface area contributed by atoms with E-state index in [-0.39, 0.29) is 24.5 Å². The molecule has 4 nitrogen and oxygen atoms in total. The van der Waals surface area contributed by atoms with Crippen LogP contribution in [0.3, 0.4) is 0 Å². The zero-order valence-corrected chi connectivity index (χ0v) is 13.6. The quantitative estimate of drug-likeness (QED) is 0.689. The number of hydrogen-bond acceptors (Lipinski definition) is 3. The normalized spacial score (nSPS) is 10.7. The lowest BCUT2D eigenvalue weighted by molar-refractivity contribution is -0.129. The highest BCUT2D eigenvalue weighted by Crippen LogP contribution is 2.09. The first-order chi connectivity index (χ1) is 9.93. The van der Waals surface area contributed by atoms with Gasteiger partial charge in [-0.2, -0.15) is 0 Å². The number of benzene rings is 1. The van der Waals surface area contributed by atoms with Gasteiger partial charge >= 0.3 is 0 Å². The maximum Gasteiger partial charge on any atom is 0.222 e. The first-order valence-electron chi connectivity index (χ1n) is 7.45. The molecular formula is C17H26N2O2. The van der Waals surface area contributed by atoms with Crippen molar-refractivity contribution in [1.29, 1.82) is 0 Å². The van der Waals surface area contributed by atoms with Crippen molar-refractivity contribution in [1.82, 2.24) is 9.80 Å². The van der Waals surface area contributed by atoms with E-state index in [4.69, 9.17) is 0 Å². The van der Waals surface area contributed by atoms with Gasteiger partial charge in [0.05, 0.1) is 0 Å². The van der Waals surface area contributed by atoms with Gasteiger partial charge in [-0.05, 0) is 26.1 Å². The first kappa shape index (κ1) is 17.4. The maximum atomic E-state index is 12.1. The van der Waals surface area contributed by atoms with Gasteiger partial charge in [0, 0.05) is 38.5 Å². The molecular weight excluding hydrogens is 264 g/mol. The minimum absolute atomic E-state index is 0.0235. The first-order valence-corrected chi connectivity index (χ1v) is 7.45. The van der Waals surface area contributed by atoms with Crippen LogP contribution in [-0.4, -0.2) is 55.7 Å². The smallest absolute Gasteiger partial charge is 0.222 e. The number of aryl methyl sites for hydroxylation is 1. The van der Waals surface area contributed by atoms with Crippen LogP contribution in [-0.2, 0) is 11.2 Å². The molecule has 0 unspecified atom stereocenters. The van der Waals surface area contributed by atoms with E-state index in [1.807, 2.05) is 43.3 Å². The molecule has 116 valence electrons. The molecule has 4 heteroatoms. The molecule has 0 radical (unpaired) electrons. The Morgan fingerprint density at radius 1 is 0.952 bits per heavy atom. The summed E-state index contributed by atoms with van der Waals surface area (Å²) in [4.78, 5) is 27.7. The Kier molecular flexibility index (Phi) is 7.09. The number of rotatable bonds is 8. The fourth-order valence-corrected chi connectivity index (χ4v) is 1.96. The number of hydrogen-bond donors (Lipinski definition) is 0. The predicted molar refractivity (Wildman–Crippen MR) is 85.6 cm³/mol. The Balaban J connectivity index is 2.42. The number of ketones is 1. The topological polar surface area (TPSA) is 40.6 Å². The number of nitrogens with zero attached hydrogens (tertiary/aromatic N) is 2. The fourth-order valence-electron chi connectivity index (χ4n) is 1.96. The molecule has 0 saturated carbocycles. The third-order valence-electron chi connectivity index (χ3n) is 3.56. The van der Waals surface area contributed by atoms with Gasteiger partial charge in [-0.1, -0.05) is 31.2 Å². The molecule has 0 aliphatic carbocycles. The molecule has 0 saturated heterocycles. The minimum atomic E-state index is 0.0235. The summed E-state index contributed by atoms with van der Waals surface area (Å²) in [5.74, 6) is 0.0578. The van der Waals surface area contributed by atoms with Gasteiger partial charge in [0.25, 0.3) is 0 Å². The average molecular weight is 290 g/mol. The van der Waals surface area contributed by atoms with E-state index in [1.165, 1.54) is 5.56 Å². The monoisotopic (exact) mass is 290 g/mol. The van der Waals surface area contributed by atoms with Gasteiger partial charge in [0.2, 0.25) is 5.91 Å². The van der Waals surface area contributed by atoms with Crippen molar-refractivity contribution in [2.45, 2.75) is 26.2 Å². The molecule has 0 N–H and O–H groups in total. The molecule has 0 fully saturated rings. The van der Waals surface area contributed by atoms with Crippen molar-refractivity contribution in [3.8, 4) is 0 Å². The summed E-state index contributed by atoms with van der Waals surface area (Å²) in [6, 6.07) is 7.64. The fraction of sp³-hybridized carbons (Fsp3) is 0.529. The largest absolute Gasteiger partial charge is 0.344 e. The van der Waals surface area contributed by atoms with Crippen molar-refractivity contribution in [3.05, 3.63) is 35.4 Å². The van der Waals surface area contributed by atoms with Crippen LogP contribution in [0.1, 0.15) is 35.7 Å². The summed E-state index contributed by atoms with van der Waals surface area (Å²) in [7, 11) is 5.73. The molecule has 1 aromatic rings. The molecule has 0 heterocycles. The zero-order valence-electron chi connectivity index (χ0n) is 13.6. The lowest BCUT2D eigenvalue weighted by Gasteiger charge is -2.19. The van der Waals surface area contributed by atoms with Gasteiger partial charge < -0.3 is 9.80 Å². The van der Waals surface area contributed by atoms with Crippen molar-refractivity contribution in [3.63, 3.8) is 0 Å². The molecule has 0 aliphatic heterocycles. The minimum Gasteiger partial charge on any atom is -0.344 e. The van der Waals surface area contributed by atoms with Crippen molar-refractivity contribution in [2.75, 3.05) is 34.2 Å². The third-order valence-corrected chi connectivity index (χ3v) is 3.56. The molecule has 1 aromatic carbocycles. The van der Waals surface area contributed by atoms with Crippen LogP contribution in [0.4, 0.5) is 0 Å². The number of likely N-dealkylation sites (N-methyl/N-ethyl adjacent to an activating group) is 2. The second-order valence-electron chi connectivity index (χ2n) is 5.59. The number of amides is 1. The van der Waals surface area contributed by atoms with E-state index < -0.39 is 0 Å². The van der Waals surface area contributed by atoms with Crippen molar-refractivity contribution in [2.24, 2.45) is 0 Å². The number of carbonyl (C=O) groups is 2. The van der Waals surface area contributed by atoms with Crippen LogP contribution in [0.2, 0.25) is 0 Å². The lowest BCUT2D eigenvalue weighted by Crippen LogP contribution is -2.33. The molecule has 0 spiro atoms. The Bertz CT molecular complexity index is 466. The second-order valence-corrected chi connectivity index (χ2v) is 5.59. The van der Waals surface area contributed by atoms with Crippen LogP contribution in [0.5, 0.6) is 0 Å². The third kappa shape index (κ3) is 6.08. The molecule has 0 bridgehead atoms. The zero-order chi connectivity index (χ0) is 15.8. The second kappa shape index (κ2) is 8.57. The summed E-state index contributed by atoms with van der Waals surface area (Å²) >= 11 is 0. The highest BCUT2D eigenvalue weighted by Gasteiger charge is 2.12. The van der Waals surface area contributed by atoms with E-state index in [0.717, 1.165) is 13.0 Å². The molecule has 21 heavy (non-hydrogen) atoms. The SMILES string of the molecule is CCc1ccc(C(=O)CCC(=O)N(C)CCN(C)C)cc1. The average Bonchev–Trinajstić information content (AvgIpc) is 2.49. The highest BCUT2D eigenvalue weighted by atomic mass is 16.2. The summed E-state index contributed by atoms with van der Waals surface area (Å²) in [6.45, 7) is 3.60. The molecule has 0 aliphatic rings. The van der Waals surface area contributed by atoms with E-state index in [0.29, 0.717) is 12.1 Å². The maximum absolute atomic E-state index is 12.1. The van der Waals surface area contributed by atoms with E-state index >= 15 is 0 Å². The number of Topliss-reactive ketones (excluding diaryl/α,β-unsaturated/α-hetero) is 1. The van der Waals surface area contributed by atoms with Gasteiger partial charge in [-0.15, -0.1) is 0 Å². The van der Waals surface area contributed by atoms with Crippen LogP contribution in [0.15, 0.2) is 24.3 Å². The summed E-state index contributed by atoms with van der Waals surface area (Å²) in [5.41, 5.74) is 1.90. The Hall–Kier alpha value is -1.68. The van der Waals surface area contributed by atoms with Crippen molar-refractivity contribution >= 4 is 11.7 Å². The lowest BCUT2D eigenvalue weighted by atomic mass is 10.0. The molecule has 1 rings (SSSR count). The van der Waals surface area contributed by atoms with Gasteiger partial charge in [-0.3, -0.25) is 9.59 Å². The van der Waals surface area contributed by atoms with Crippen LogP contribution in [0, 0.1) is 0 Å². The van der Waals surface area contributed by atoms with Crippen LogP contribution < -0.4 is 0 Å². The summed E-state index contributed by atoms with van der Waals surface area (Å²) < 4.78 is 0. The van der Waals surface area contributed by atoms with Gasteiger partial charge in [-0.25, -0.2) is 0 Å². The Morgan fingerprint density at radius 3 is 2.10 bits per heavy atom. The molecule has 1 amide bonds.